The lowest BCUT2D eigenvalue weighted by atomic mass is 10.1. The molecule has 0 radical (unpaired) electrons. The van der Waals surface area contributed by atoms with Gasteiger partial charge in [-0.15, -0.1) is 0 Å². The van der Waals surface area contributed by atoms with Crippen LogP contribution in [0.2, 0.25) is 0 Å². The Kier molecular flexibility index (Phi) is 5.33. The van der Waals surface area contributed by atoms with Crippen LogP contribution >= 0.6 is 0 Å². The summed E-state index contributed by atoms with van der Waals surface area (Å²) in [4.78, 5) is 12.3. The van der Waals surface area contributed by atoms with Crippen molar-refractivity contribution in [2.75, 3.05) is 19.0 Å². The molecule has 0 fully saturated rings. The van der Waals surface area contributed by atoms with Crippen LogP contribution in [0, 0.1) is 0 Å². The number of alkyl halides is 3. The molecule has 0 aliphatic heterocycles. The molecule has 4 nitrogen and oxygen atoms in total. The molecule has 0 aliphatic rings. The van der Waals surface area contributed by atoms with E-state index in [0.717, 1.165) is 6.07 Å². The summed E-state index contributed by atoms with van der Waals surface area (Å²) in [5.41, 5.74) is -1.04. The van der Waals surface area contributed by atoms with Crippen molar-refractivity contribution in [1.29, 1.82) is 0 Å². The van der Waals surface area contributed by atoms with Crippen LogP contribution in [0.15, 0.2) is 42.5 Å². The first-order valence-corrected chi connectivity index (χ1v) is 7.15. The summed E-state index contributed by atoms with van der Waals surface area (Å²) in [5.74, 6) is 0.108. The standard InChI is InChI=1S/C17H16F3NO3/c1-3-24-15-10-11(8-9-14(15)23-2)16(22)21-13-7-5-4-6-12(13)17(18,19)20/h4-10H,3H2,1-2H3,(H,21,22). The molecule has 0 heterocycles. The predicted octanol–water partition coefficient (Wildman–Crippen LogP) is 4.37. The minimum Gasteiger partial charge on any atom is -0.493 e. The zero-order valence-corrected chi connectivity index (χ0v) is 13.1. The van der Waals surface area contributed by atoms with Crippen molar-refractivity contribution in [2.24, 2.45) is 0 Å². The number of anilines is 1. The third-order valence-corrected chi connectivity index (χ3v) is 3.21. The van der Waals surface area contributed by atoms with Crippen molar-refractivity contribution < 1.29 is 27.4 Å². The van der Waals surface area contributed by atoms with Crippen molar-refractivity contribution in [2.45, 2.75) is 13.1 Å². The number of hydrogen-bond acceptors (Lipinski definition) is 3. The topological polar surface area (TPSA) is 47.6 Å². The smallest absolute Gasteiger partial charge is 0.418 e. The third kappa shape index (κ3) is 3.98. The molecule has 2 rings (SSSR count). The Bertz CT molecular complexity index is 729. The number of nitrogens with one attached hydrogen (secondary N) is 1. The van der Waals surface area contributed by atoms with Gasteiger partial charge in [-0.05, 0) is 37.3 Å². The number of methoxy groups -OCH3 is 1. The molecule has 7 heteroatoms. The van der Waals surface area contributed by atoms with Gasteiger partial charge in [0.25, 0.3) is 5.91 Å². The Labute approximate surface area is 137 Å². The van der Waals surface area contributed by atoms with Gasteiger partial charge in [0.15, 0.2) is 11.5 Å². The molecule has 0 unspecified atom stereocenters. The largest absolute Gasteiger partial charge is 0.493 e. The summed E-state index contributed by atoms with van der Waals surface area (Å²) in [6.07, 6.45) is -4.56. The van der Waals surface area contributed by atoms with E-state index in [4.69, 9.17) is 9.47 Å². The lowest BCUT2D eigenvalue weighted by Gasteiger charge is -2.14. The summed E-state index contributed by atoms with van der Waals surface area (Å²) in [5, 5.41) is 2.28. The Morgan fingerprint density at radius 2 is 1.83 bits per heavy atom. The highest BCUT2D eigenvalue weighted by Crippen LogP contribution is 2.35. The highest BCUT2D eigenvalue weighted by Gasteiger charge is 2.33. The van der Waals surface area contributed by atoms with Crippen LogP contribution in [-0.4, -0.2) is 19.6 Å². The van der Waals surface area contributed by atoms with E-state index in [1.165, 1.54) is 43.5 Å². The van der Waals surface area contributed by atoms with E-state index in [9.17, 15) is 18.0 Å². The van der Waals surface area contributed by atoms with E-state index in [1.54, 1.807) is 6.92 Å². The van der Waals surface area contributed by atoms with Gasteiger partial charge < -0.3 is 14.8 Å². The molecule has 0 aliphatic carbocycles. The summed E-state index contributed by atoms with van der Waals surface area (Å²) in [7, 11) is 1.46. The molecule has 24 heavy (non-hydrogen) atoms. The number of ether oxygens (including phenoxy) is 2. The highest BCUT2D eigenvalue weighted by atomic mass is 19.4. The summed E-state index contributed by atoms with van der Waals surface area (Å²) in [6, 6.07) is 9.20. The van der Waals surface area contributed by atoms with Crippen molar-refractivity contribution in [1.82, 2.24) is 0 Å². The van der Waals surface area contributed by atoms with Crippen molar-refractivity contribution in [3.05, 3.63) is 53.6 Å². The maximum Gasteiger partial charge on any atom is 0.418 e. The maximum absolute atomic E-state index is 13.0. The summed E-state index contributed by atoms with van der Waals surface area (Å²) in [6.45, 7) is 2.13. The van der Waals surface area contributed by atoms with Crippen LogP contribution in [0.1, 0.15) is 22.8 Å². The number of hydrogen-bond donors (Lipinski definition) is 1. The van der Waals surface area contributed by atoms with Gasteiger partial charge in [-0.25, -0.2) is 0 Å². The van der Waals surface area contributed by atoms with E-state index in [-0.39, 0.29) is 11.3 Å². The number of benzene rings is 2. The molecule has 0 spiro atoms. The fourth-order valence-corrected chi connectivity index (χ4v) is 2.12. The Morgan fingerprint density at radius 3 is 2.46 bits per heavy atom. The van der Waals surface area contributed by atoms with Crippen LogP contribution in [0.4, 0.5) is 18.9 Å². The second kappa shape index (κ2) is 7.25. The SMILES string of the molecule is CCOc1cc(C(=O)Nc2ccccc2C(F)(F)F)ccc1OC. The Hall–Kier alpha value is -2.70. The molecular weight excluding hydrogens is 323 g/mol. The van der Waals surface area contributed by atoms with Crippen molar-refractivity contribution in [3.63, 3.8) is 0 Å². The van der Waals surface area contributed by atoms with Crippen molar-refractivity contribution >= 4 is 11.6 Å². The van der Waals surface area contributed by atoms with Gasteiger partial charge in [-0.3, -0.25) is 4.79 Å². The average Bonchev–Trinajstić information content (AvgIpc) is 2.54. The monoisotopic (exact) mass is 339 g/mol. The number of para-hydroxylation sites is 1. The number of carbonyl (C=O) groups is 1. The first-order valence-electron chi connectivity index (χ1n) is 7.15. The molecule has 0 atom stereocenters. The molecule has 0 saturated heterocycles. The minimum atomic E-state index is -4.56. The van der Waals surface area contributed by atoms with Gasteiger partial charge in [-0.2, -0.15) is 13.2 Å². The quantitative estimate of drug-likeness (QED) is 0.880. The van der Waals surface area contributed by atoms with Gasteiger partial charge in [-0.1, -0.05) is 12.1 Å². The minimum absolute atomic E-state index is 0.163. The molecule has 2 aromatic rings. The first kappa shape index (κ1) is 17.7. The predicted molar refractivity (Wildman–Crippen MR) is 83.6 cm³/mol. The second-order valence-corrected chi connectivity index (χ2v) is 4.80. The van der Waals surface area contributed by atoms with Gasteiger partial charge in [0.05, 0.1) is 25.0 Å². The Balaban J connectivity index is 2.30. The van der Waals surface area contributed by atoms with Gasteiger partial charge in [0.2, 0.25) is 0 Å². The van der Waals surface area contributed by atoms with E-state index in [1.807, 2.05) is 0 Å². The number of carbonyl (C=O) groups excluding carboxylic acids is 1. The zero-order valence-electron chi connectivity index (χ0n) is 13.1. The molecule has 2 aromatic carbocycles. The maximum atomic E-state index is 13.0. The van der Waals surface area contributed by atoms with E-state index in [0.29, 0.717) is 18.1 Å². The fourth-order valence-electron chi connectivity index (χ4n) is 2.12. The van der Waals surface area contributed by atoms with E-state index < -0.39 is 17.6 Å². The number of amides is 1. The Morgan fingerprint density at radius 1 is 1.12 bits per heavy atom. The lowest BCUT2D eigenvalue weighted by Crippen LogP contribution is -2.16. The zero-order chi connectivity index (χ0) is 17.7. The van der Waals surface area contributed by atoms with Crippen LogP contribution < -0.4 is 14.8 Å². The van der Waals surface area contributed by atoms with Crippen molar-refractivity contribution in [3.8, 4) is 11.5 Å². The molecular formula is C17H16F3NO3. The van der Waals surface area contributed by atoms with E-state index in [2.05, 4.69) is 5.32 Å². The van der Waals surface area contributed by atoms with Crippen LogP contribution in [-0.2, 0) is 6.18 Å². The molecule has 1 amide bonds. The number of rotatable bonds is 5. The fraction of sp³-hybridized carbons (Fsp3) is 0.235. The van der Waals surface area contributed by atoms with E-state index >= 15 is 0 Å². The first-order chi connectivity index (χ1) is 11.4. The molecule has 0 bridgehead atoms. The molecule has 1 N–H and O–H groups in total. The normalized spacial score (nSPS) is 11.0. The number of halogens is 3. The van der Waals surface area contributed by atoms with Gasteiger partial charge in [0, 0.05) is 5.56 Å². The summed E-state index contributed by atoms with van der Waals surface area (Å²) >= 11 is 0. The van der Waals surface area contributed by atoms with Gasteiger partial charge >= 0.3 is 6.18 Å². The van der Waals surface area contributed by atoms with Gasteiger partial charge in [0.1, 0.15) is 0 Å². The van der Waals surface area contributed by atoms with Crippen LogP contribution in [0.5, 0.6) is 11.5 Å². The van der Waals surface area contributed by atoms with Crippen LogP contribution in [0.25, 0.3) is 0 Å². The summed E-state index contributed by atoms with van der Waals surface area (Å²) < 4.78 is 49.4. The second-order valence-electron chi connectivity index (χ2n) is 4.80. The van der Waals surface area contributed by atoms with Crippen LogP contribution in [0.3, 0.4) is 0 Å². The molecule has 128 valence electrons. The third-order valence-electron chi connectivity index (χ3n) is 3.21. The average molecular weight is 339 g/mol. The highest BCUT2D eigenvalue weighted by molar-refractivity contribution is 6.05. The molecule has 0 aromatic heterocycles. The molecule has 0 saturated carbocycles. The lowest BCUT2D eigenvalue weighted by molar-refractivity contribution is -0.136.